The van der Waals surface area contributed by atoms with E-state index < -0.39 is 0 Å². The highest BCUT2D eigenvalue weighted by Crippen LogP contribution is 2.31. The zero-order valence-corrected chi connectivity index (χ0v) is 17.5. The summed E-state index contributed by atoms with van der Waals surface area (Å²) in [5.74, 6) is 0.626. The Labute approximate surface area is 182 Å². The van der Waals surface area contributed by atoms with Gasteiger partial charge in [-0.2, -0.15) is 0 Å². The van der Waals surface area contributed by atoms with Gasteiger partial charge in [-0.25, -0.2) is 0 Å². The lowest BCUT2D eigenvalue weighted by Gasteiger charge is -2.05. The highest BCUT2D eigenvalue weighted by molar-refractivity contribution is 8.00. The molecule has 0 unspecified atom stereocenters. The van der Waals surface area contributed by atoms with Crippen LogP contribution < -0.4 is 5.32 Å². The first-order valence-electron chi connectivity index (χ1n) is 9.50. The van der Waals surface area contributed by atoms with Gasteiger partial charge in [0.05, 0.1) is 0 Å². The van der Waals surface area contributed by atoms with Crippen molar-refractivity contribution in [2.45, 2.75) is 10.1 Å². The molecule has 5 aromatic rings. The largest absolute Gasteiger partial charge is 0.296 e. The van der Waals surface area contributed by atoms with Gasteiger partial charge in [0.25, 0.3) is 5.91 Å². The smallest absolute Gasteiger partial charge is 0.258 e. The summed E-state index contributed by atoms with van der Waals surface area (Å²) in [7, 11) is 0. The molecule has 0 atom stereocenters. The number of hydrogen-bond acceptors (Lipinski definition) is 5. The van der Waals surface area contributed by atoms with E-state index in [0.717, 1.165) is 20.9 Å². The normalized spacial score (nSPS) is 11.1. The number of anilines is 1. The number of nitrogens with one attached hydrogen (secondary N) is 1. The molecule has 0 radical (unpaired) electrons. The molecule has 0 bridgehead atoms. The lowest BCUT2D eigenvalue weighted by Crippen LogP contribution is -2.12. The second-order valence-electron chi connectivity index (χ2n) is 6.78. The third-order valence-electron chi connectivity index (χ3n) is 4.89. The van der Waals surface area contributed by atoms with E-state index >= 15 is 0 Å². The molecule has 1 heterocycles. The Kier molecular flexibility index (Phi) is 5.17. The third kappa shape index (κ3) is 3.79. The number of fused-ring (bicyclic) bond motifs is 2. The number of nitrogens with zero attached hydrogens (tertiary/aromatic N) is 2. The van der Waals surface area contributed by atoms with E-state index in [1.165, 1.54) is 27.7 Å². The number of hydrogen-bond donors (Lipinski definition) is 1. The minimum atomic E-state index is -0.173. The summed E-state index contributed by atoms with van der Waals surface area (Å²) in [6.45, 7) is 0. The van der Waals surface area contributed by atoms with Crippen LogP contribution in [0.1, 0.15) is 15.9 Å². The second kappa shape index (κ2) is 8.26. The number of aromatic nitrogens is 2. The number of carbonyl (C=O) groups is 1. The first-order chi connectivity index (χ1) is 14.8. The van der Waals surface area contributed by atoms with Crippen molar-refractivity contribution < 1.29 is 4.79 Å². The van der Waals surface area contributed by atoms with E-state index in [4.69, 9.17) is 0 Å². The van der Waals surface area contributed by atoms with E-state index in [0.29, 0.717) is 10.7 Å². The fourth-order valence-electron chi connectivity index (χ4n) is 3.46. The number of rotatable bonds is 5. The van der Waals surface area contributed by atoms with Crippen molar-refractivity contribution in [2.75, 3.05) is 5.32 Å². The molecule has 0 spiro atoms. The van der Waals surface area contributed by atoms with Crippen LogP contribution in [0.3, 0.4) is 0 Å². The number of benzene rings is 4. The van der Waals surface area contributed by atoms with Gasteiger partial charge in [-0.3, -0.25) is 10.1 Å². The maximum Gasteiger partial charge on any atom is 0.258 e. The summed E-state index contributed by atoms with van der Waals surface area (Å²) in [5, 5.41) is 16.2. The van der Waals surface area contributed by atoms with E-state index in [1.54, 1.807) is 11.8 Å². The van der Waals surface area contributed by atoms with Gasteiger partial charge in [0.2, 0.25) is 5.13 Å². The maximum absolute atomic E-state index is 12.8. The zero-order chi connectivity index (χ0) is 20.3. The third-order valence-corrected chi connectivity index (χ3v) is 6.91. The minimum Gasteiger partial charge on any atom is -0.296 e. The molecule has 1 N–H and O–H groups in total. The van der Waals surface area contributed by atoms with E-state index in [2.05, 4.69) is 58.0 Å². The molecule has 4 aromatic carbocycles. The van der Waals surface area contributed by atoms with Crippen molar-refractivity contribution in [2.24, 2.45) is 0 Å². The van der Waals surface area contributed by atoms with Crippen molar-refractivity contribution in [3.05, 3.63) is 96.1 Å². The zero-order valence-electron chi connectivity index (χ0n) is 15.9. The molecule has 146 valence electrons. The molecule has 0 saturated heterocycles. The average Bonchev–Trinajstić information content (AvgIpc) is 3.24. The Morgan fingerprint density at radius 1 is 0.800 bits per heavy atom. The van der Waals surface area contributed by atoms with Crippen LogP contribution in [-0.2, 0) is 5.75 Å². The van der Waals surface area contributed by atoms with E-state index in [9.17, 15) is 4.79 Å². The molecule has 30 heavy (non-hydrogen) atoms. The molecule has 4 nitrogen and oxygen atoms in total. The summed E-state index contributed by atoms with van der Waals surface area (Å²) >= 11 is 3.02. The Balaban J connectivity index is 1.30. The predicted molar refractivity (Wildman–Crippen MR) is 125 cm³/mol. The van der Waals surface area contributed by atoms with Crippen LogP contribution in [0.2, 0.25) is 0 Å². The fourth-order valence-corrected chi connectivity index (χ4v) is 5.22. The molecule has 0 aliphatic carbocycles. The molecule has 0 aliphatic heterocycles. The summed E-state index contributed by atoms with van der Waals surface area (Å²) in [6.07, 6.45) is 0. The van der Waals surface area contributed by atoms with Gasteiger partial charge in [-0.1, -0.05) is 102 Å². The van der Waals surface area contributed by atoms with Gasteiger partial charge in [0.15, 0.2) is 4.34 Å². The van der Waals surface area contributed by atoms with Crippen LogP contribution in [-0.4, -0.2) is 16.1 Å². The fraction of sp³-hybridized carbons (Fsp3) is 0.0417. The van der Waals surface area contributed by atoms with Crippen LogP contribution >= 0.6 is 23.1 Å². The van der Waals surface area contributed by atoms with E-state index in [-0.39, 0.29) is 5.91 Å². The van der Waals surface area contributed by atoms with Gasteiger partial charge in [-0.05, 0) is 33.2 Å². The summed E-state index contributed by atoms with van der Waals surface area (Å²) in [6, 6.07) is 28.3. The van der Waals surface area contributed by atoms with Crippen LogP contribution in [0.15, 0.2) is 89.3 Å². The molecular weight excluding hydrogens is 410 g/mol. The van der Waals surface area contributed by atoms with Crippen molar-refractivity contribution in [1.29, 1.82) is 0 Å². The summed E-state index contributed by atoms with van der Waals surface area (Å²) in [4.78, 5) is 12.8. The monoisotopic (exact) mass is 427 g/mol. The lowest BCUT2D eigenvalue weighted by molar-refractivity contribution is 0.102. The lowest BCUT2D eigenvalue weighted by atomic mass is 10.0. The Morgan fingerprint density at radius 2 is 1.47 bits per heavy atom. The highest BCUT2D eigenvalue weighted by Gasteiger charge is 2.13. The Morgan fingerprint density at radius 3 is 2.30 bits per heavy atom. The SMILES string of the molecule is O=C(Nc1nnc(SCc2cccc3ccccc23)s1)c1cccc2ccccc12. The summed E-state index contributed by atoms with van der Waals surface area (Å²) in [5.41, 5.74) is 1.89. The van der Waals surface area contributed by atoms with Gasteiger partial charge < -0.3 is 0 Å². The molecule has 0 fully saturated rings. The standard InChI is InChI=1S/C24H17N3OS2/c28-22(21-14-6-10-17-8-2-4-13-20(17)21)25-23-26-27-24(30-23)29-15-18-11-5-9-16-7-1-3-12-19(16)18/h1-14H,15H2,(H,25,26,28). The van der Waals surface area contributed by atoms with Gasteiger partial charge >= 0.3 is 0 Å². The summed E-state index contributed by atoms with van der Waals surface area (Å²) < 4.78 is 0.830. The van der Waals surface area contributed by atoms with Crippen LogP contribution in [0.25, 0.3) is 21.5 Å². The van der Waals surface area contributed by atoms with Crippen molar-refractivity contribution in [3.8, 4) is 0 Å². The number of carbonyl (C=O) groups excluding carboxylic acids is 1. The molecule has 0 saturated carbocycles. The van der Waals surface area contributed by atoms with Crippen molar-refractivity contribution in [1.82, 2.24) is 10.2 Å². The highest BCUT2D eigenvalue weighted by atomic mass is 32.2. The molecule has 0 aliphatic rings. The molecular formula is C24H17N3OS2. The molecule has 1 aromatic heterocycles. The Hall–Kier alpha value is -3.22. The van der Waals surface area contributed by atoms with Gasteiger partial charge in [-0.15, -0.1) is 10.2 Å². The second-order valence-corrected chi connectivity index (χ2v) is 8.98. The molecule has 6 heteroatoms. The predicted octanol–water partition coefficient (Wildman–Crippen LogP) is 6.39. The van der Waals surface area contributed by atoms with Crippen LogP contribution in [0.4, 0.5) is 5.13 Å². The first-order valence-corrected chi connectivity index (χ1v) is 11.3. The quantitative estimate of drug-likeness (QED) is 0.261. The minimum absolute atomic E-state index is 0.173. The first kappa shape index (κ1) is 18.8. The van der Waals surface area contributed by atoms with Crippen LogP contribution in [0, 0.1) is 0 Å². The topological polar surface area (TPSA) is 54.9 Å². The van der Waals surface area contributed by atoms with E-state index in [1.807, 2.05) is 42.5 Å². The maximum atomic E-state index is 12.8. The van der Waals surface area contributed by atoms with Crippen molar-refractivity contribution in [3.63, 3.8) is 0 Å². The Bertz CT molecular complexity index is 1350. The van der Waals surface area contributed by atoms with Gasteiger partial charge in [0, 0.05) is 11.3 Å². The number of amides is 1. The average molecular weight is 428 g/mol. The molecule has 1 amide bonds. The molecule has 5 rings (SSSR count). The van der Waals surface area contributed by atoms with Gasteiger partial charge in [0.1, 0.15) is 0 Å². The number of thioether (sulfide) groups is 1. The van der Waals surface area contributed by atoms with Crippen molar-refractivity contribution >= 4 is 55.7 Å². The van der Waals surface area contributed by atoms with Crippen LogP contribution in [0.5, 0.6) is 0 Å².